The Morgan fingerprint density at radius 3 is 2.39 bits per heavy atom. The molecule has 3 N–H and O–H groups in total. The van der Waals surface area contributed by atoms with E-state index < -0.39 is 40.3 Å². The van der Waals surface area contributed by atoms with Gasteiger partial charge in [0.1, 0.15) is 23.9 Å². The third kappa shape index (κ3) is 9.45. The van der Waals surface area contributed by atoms with E-state index in [0.29, 0.717) is 55.3 Å². The average molecular weight is 835 g/mol. The summed E-state index contributed by atoms with van der Waals surface area (Å²) in [7, 11) is 0. The maximum Gasteiger partial charge on any atom is 0.417 e. The molecule has 3 saturated heterocycles. The normalized spacial score (nSPS) is 22.5. The average Bonchev–Trinajstić information content (AvgIpc) is 3.35. The predicted molar refractivity (Wildman–Crippen MR) is 221 cm³/mol. The number of imide groups is 1. The molecule has 0 aliphatic carbocycles. The number of hydrogen-bond donors (Lipinski definition) is 4. The van der Waals surface area contributed by atoms with Crippen molar-refractivity contribution in [1.29, 1.82) is 5.26 Å². The Labute approximate surface area is 347 Å². The summed E-state index contributed by atoms with van der Waals surface area (Å²) in [5.74, 6) is -0.565. The second-order valence-corrected chi connectivity index (χ2v) is 16.1. The first-order valence-electron chi connectivity index (χ1n) is 19.6. The molecule has 0 aromatic heterocycles. The lowest BCUT2D eigenvalue weighted by molar-refractivity contribution is -0.138. The fraction of sp³-hybridized carbons (Fsp3) is 0.452. The number of nitrogens with zero attached hydrogens (tertiary/aromatic N) is 5. The number of rotatable bonds is 12. The van der Waals surface area contributed by atoms with Crippen molar-refractivity contribution in [1.82, 2.24) is 15.1 Å². The molecular weight excluding hydrogens is 786 g/mol. The smallest absolute Gasteiger partial charge is 0.417 e. The molecule has 3 aliphatic rings. The molecule has 17 heteroatoms. The van der Waals surface area contributed by atoms with E-state index in [1.54, 1.807) is 49.1 Å². The largest absolute Gasteiger partial charge is 0.492 e. The summed E-state index contributed by atoms with van der Waals surface area (Å²) in [6.45, 7) is 12.2. The number of alkyl halides is 3. The molecule has 59 heavy (non-hydrogen) atoms. The minimum absolute atomic E-state index is 0.0101. The van der Waals surface area contributed by atoms with Crippen LogP contribution in [0.2, 0.25) is 0 Å². The number of carbonyl (C=O) groups is 4. The Balaban J connectivity index is 1.03. The molecule has 13 nitrogen and oxygen atoms in total. The van der Waals surface area contributed by atoms with Crippen LogP contribution in [0.4, 0.5) is 35.9 Å². The van der Waals surface area contributed by atoms with E-state index in [1.807, 2.05) is 25.1 Å². The number of benzene rings is 3. The monoisotopic (exact) mass is 834 g/mol. The standard InChI is InChI=1S/C42H49F3N8O5S/c1-6-27-18-32(53-40(59)52(39(57)41(53,4)5)31-11-10-28(21-46)33(20-31)42(43,44)45)12-14-35(27)58-17-16-50-22-26(3)51(23-25(50)2)24-37(55)48-30-9-7-8-29(19-30)47-34-13-15-36(54)49-38(34)56/h7-12,14,18-20,25-26,34,40,47,59H,6,13,15-17,22-24H2,1-5H3,(H,48,55)(H,49,54,56)/t25-,26+,34?,40?/m1/s1. The third-order valence-corrected chi connectivity index (χ3v) is 11.6. The zero-order valence-electron chi connectivity index (χ0n) is 33.6. The Morgan fingerprint density at radius 2 is 1.69 bits per heavy atom. The Bertz CT molecular complexity index is 2140. The summed E-state index contributed by atoms with van der Waals surface area (Å²) >= 11 is 4.73. The number of thiol groups is 1. The Morgan fingerprint density at radius 1 is 1.00 bits per heavy atom. The number of hydrogen-bond acceptors (Lipinski definition) is 11. The van der Waals surface area contributed by atoms with E-state index in [0.717, 1.165) is 24.2 Å². The molecule has 4 amide bonds. The molecule has 4 atom stereocenters. The van der Waals surface area contributed by atoms with Gasteiger partial charge in [0.15, 0.2) is 5.50 Å². The van der Waals surface area contributed by atoms with Crippen molar-refractivity contribution in [3.8, 4) is 11.8 Å². The number of ether oxygens (including phenoxy) is 1. The highest BCUT2D eigenvalue weighted by atomic mass is 32.1. The van der Waals surface area contributed by atoms with Crippen molar-refractivity contribution in [2.24, 2.45) is 0 Å². The zero-order valence-corrected chi connectivity index (χ0v) is 34.5. The van der Waals surface area contributed by atoms with Crippen molar-refractivity contribution < 1.29 is 37.1 Å². The molecule has 2 unspecified atom stereocenters. The van der Waals surface area contributed by atoms with E-state index in [2.05, 4.69) is 39.6 Å². The van der Waals surface area contributed by atoms with E-state index in [9.17, 15) is 37.6 Å². The van der Waals surface area contributed by atoms with Crippen LogP contribution >= 0.6 is 12.6 Å². The lowest BCUT2D eigenvalue weighted by atomic mass is 10.0. The summed E-state index contributed by atoms with van der Waals surface area (Å²) < 4.78 is 47.7. The van der Waals surface area contributed by atoms with Crippen molar-refractivity contribution >= 4 is 59.0 Å². The molecule has 3 aliphatic heterocycles. The first-order valence-corrected chi connectivity index (χ1v) is 20.1. The highest BCUT2D eigenvalue weighted by molar-refractivity contribution is 7.81. The molecule has 0 bridgehead atoms. The minimum atomic E-state index is -4.78. The van der Waals surface area contributed by atoms with Crippen molar-refractivity contribution in [2.45, 2.75) is 89.2 Å². The number of carbonyl (C=O) groups excluding carboxylic acids is 4. The maximum absolute atomic E-state index is 13.8. The number of piperidine rings is 1. The minimum Gasteiger partial charge on any atom is -0.492 e. The molecule has 0 saturated carbocycles. The van der Waals surface area contributed by atoms with Gasteiger partial charge in [0.2, 0.25) is 17.7 Å². The SMILES string of the molecule is CCc1cc(N2C(S)N(c3ccc(C#N)c(C(F)(F)F)c3)C(=O)C2(C)C)ccc1OCCN1C[C@H](C)N(CC(=O)Nc2cccc(NC3CCC(=O)NC3=O)c2)C[C@H]1C. The predicted octanol–water partition coefficient (Wildman–Crippen LogP) is 5.61. The van der Waals surface area contributed by atoms with Gasteiger partial charge in [-0.2, -0.15) is 18.4 Å². The van der Waals surface area contributed by atoms with Gasteiger partial charge in [-0.3, -0.25) is 39.2 Å². The summed E-state index contributed by atoms with van der Waals surface area (Å²) in [6.07, 6.45) is -3.50. The number of piperazine rings is 1. The van der Waals surface area contributed by atoms with E-state index in [1.165, 1.54) is 11.0 Å². The summed E-state index contributed by atoms with van der Waals surface area (Å²) in [5.41, 5.74) is -0.956. The number of aryl methyl sites for hydroxylation is 1. The highest BCUT2D eigenvalue weighted by Gasteiger charge is 2.52. The molecule has 314 valence electrons. The fourth-order valence-electron chi connectivity index (χ4n) is 7.94. The number of nitrogens with one attached hydrogen (secondary N) is 3. The van der Waals surface area contributed by atoms with Gasteiger partial charge in [0.25, 0.3) is 5.91 Å². The Hall–Kier alpha value is -5.31. The van der Waals surface area contributed by atoms with E-state index >= 15 is 0 Å². The van der Waals surface area contributed by atoms with Gasteiger partial charge in [-0.1, -0.05) is 13.0 Å². The summed E-state index contributed by atoms with van der Waals surface area (Å²) in [5, 5.41) is 17.7. The van der Waals surface area contributed by atoms with Crippen LogP contribution < -0.4 is 30.5 Å². The zero-order chi connectivity index (χ0) is 42.8. The second kappa shape index (κ2) is 17.5. The van der Waals surface area contributed by atoms with Gasteiger partial charge in [-0.25, -0.2) is 0 Å². The second-order valence-electron chi connectivity index (χ2n) is 15.7. The van der Waals surface area contributed by atoms with Crippen molar-refractivity contribution in [3.05, 3.63) is 77.4 Å². The van der Waals surface area contributed by atoms with Crippen molar-refractivity contribution in [3.63, 3.8) is 0 Å². The van der Waals surface area contributed by atoms with Crippen LogP contribution in [0.5, 0.6) is 5.75 Å². The lowest BCUT2D eigenvalue weighted by Crippen LogP contribution is -2.58. The first-order chi connectivity index (χ1) is 27.9. The van der Waals surface area contributed by atoms with Crippen LogP contribution in [0.3, 0.4) is 0 Å². The van der Waals surface area contributed by atoms with Crippen LogP contribution in [0.1, 0.15) is 64.2 Å². The third-order valence-electron chi connectivity index (χ3n) is 11.2. The number of anilines is 4. The van der Waals surface area contributed by atoms with Gasteiger partial charge < -0.3 is 20.3 Å². The molecule has 0 radical (unpaired) electrons. The molecule has 3 aromatic carbocycles. The topological polar surface area (TPSA) is 150 Å². The molecule has 3 aromatic rings. The number of nitriles is 1. The van der Waals surface area contributed by atoms with Crippen LogP contribution in [-0.2, 0) is 31.8 Å². The van der Waals surface area contributed by atoms with E-state index in [-0.39, 0.29) is 48.5 Å². The van der Waals surface area contributed by atoms with Gasteiger partial charge in [0, 0.05) is 60.9 Å². The summed E-state index contributed by atoms with van der Waals surface area (Å²) in [4.78, 5) is 58.0. The lowest BCUT2D eigenvalue weighted by Gasteiger charge is -2.43. The van der Waals surface area contributed by atoms with Gasteiger partial charge in [-0.15, -0.1) is 12.6 Å². The van der Waals surface area contributed by atoms with Crippen LogP contribution in [0.25, 0.3) is 0 Å². The quantitative estimate of drug-likeness (QED) is 0.134. The first kappa shape index (κ1) is 43.3. The number of amides is 4. The maximum atomic E-state index is 13.8. The highest BCUT2D eigenvalue weighted by Crippen LogP contribution is 2.43. The van der Waals surface area contributed by atoms with Crippen LogP contribution in [-0.4, -0.2) is 95.4 Å². The van der Waals surface area contributed by atoms with Crippen LogP contribution in [0.15, 0.2) is 60.7 Å². The molecule has 0 spiro atoms. The van der Waals surface area contributed by atoms with Gasteiger partial charge >= 0.3 is 6.18 Å². The molecule has 6 rings (SSSR count). The van der Waals surface area contributed by atoms with Crippen LogP contribution in [0, 0.1) is 11.3 Å². The fourth-order valence-corrected chi connectivity index (χ4v) is 8.60. The number of halogens is 3. The van der Waals surface area contributed by atoms with Gasteiger partial charge in [-0.05, 0) is 101 Å². The molecule has 3 fully saturated rings. The molecule has 3 heterocycles. The van der Waals surface area contributed by atoms with Crippen molar-refractivity contribution in [2.75, 3.05) is 53.2 Å². The van der Waals surface area contributed by atoms with Gasteiger partial charge in [0.05, 0.1) is 23.7 Å². The summed E-state index contributed by atoms with van der Waals surface area (Å²) in [6, 6.07) is 17.2. The van der Waals surface area contributed by atoms with E-state index in [4.69, 9.17) is 17.4 Å². The molecular formula is C42H49F3N8O5S. The Kier molecular flexibility index (Phi) is 12.8.